The summed E-state index contributed by atoms with van der Waals surface area (Å²) in [4.78, 5) is 21.9. The predicted molar refractivity (Wildman–Crippen MR) is 58.0 cm³/mol. The quantitative estimate of drug-likeness (QED) is 0.599. The highest BCUT2D eigenvalue weighted by atomic mass is 16.5. The highest BCUT2D eigenvalue weighted by molar-refractivity contribution is 5.89. The first-order valence-electron chi connectivity index (χ1n) is 5.75. The molecular formula is C11H19NO4. The summed E-state index contributed by atoms with van der Waals surface area (Å²) in [5.41, 5.74) is 0. The molecule has 0 aromatic heterocycles. The van der Waals surface area contributed by atoms with E-state index in [0.29, 0.717) is 19.6 Å². The molecule has 16 heavy (non-hydrogen) atoms. The summed E-state index contributed by atoms with van der Waals surface area (Å²) in [5.74, 6) is -1.78. The molecule has 5 heteroatoms. The van der Waals surface area contributed by atoms with Crippen LogP contribution >= 0.6 is 0 Å². The topological polar surface area (TPSA) is 75.6 Å². The van der Waals surface area contributed by atoms with Gasteiger partial charge in [-0.2, -0.15) is 0 Å². The lowest BCUT2D eigenvalue weighted by Crippen LogP contribution is -2.28. The Morgan fingerprint density at radius 3 is 2.69 bits per heavy atom. The highest BCUT2D eigenvalue weighted by Gasteiger charge is 2.48. The summed E-state index contributed by atoms with van der Waals surface area (Å²) in [6.07, 6.45) is 2.25. The summed E-state index contributed by atoms with van der Waals surface area (Å²) >= 11 is 0. The molecule has 1 amide bonds. The standard InChI is InChI=1S/C11H19NO4/c1-2-5-16-6-3-4-12-10(13)8-7-9(8)11(14)15/h8-9H,2-7H2,1H3,(H,12,13)(H,14,15)/t8-,9+/m1/s1. The number of rotatable bonds is 8. The first-order chi connectivity index (χ1) is 7.66. The van der Waals surface area contributed by atoms with Gasteiger partial charge in [-0.05, 0) is 19.3 Å². The van der Waals surface area contributed by atoms with Crippen LogP contribution in [-0.4, -0.2) is 36.7 Å². The smallest absolute Gasteiger partial charge is 0.307 e. The number of carboxylic acids is 1. The Labute approximate surface area is 95.2 Å². The van der Waals surface area contributed by atoms with E-state index in [2.05, 4.69) is 5.32 Å². The van der Waals surface area contributed by atoms with Crippen LogP contribution in [0.4, 0.5) is 0 Å². The molecule has 0 aromatic carbocycles. The summed E-state index contributed by atoms with van der Waals surface area (Å²) in [6, 6.07) is 0. The van der Waals surface area contributed by atoms with Gasteiger partial charge in [0.2, 0.25) is 5.91 Å². The van der Waals surface area contributed by atoms with Crippen molar-refractivity contribution in [2.45, 2.75) is 26.2 Å². The molecule has 1 saturated carbocycles. The molecule has 0 unspecified atom stereocenters. The van der Waals surface area contributed by atoms with Gasteiger partial charge in [-0.15, -0.1) is 0 Å². The summed E-state index contributed by atoms with van der Waals surface area (Å²) < 4.78 is 5.25. The molecule has 1 aliphatic carbocycles. The molecule has 5 nitrogen and oxygen atoms in total. The monoisotopic (exact) mass is 229 g/mol. The van der Waals surface area contributed by atoms with E-state index in [1.165, 1.54) is 0 Å². The molecule has 1 fully saturated rings. The molecular weight excluding hydrogens is 210 g/mol. The maximum absolute atomic E-state index is 11.4. The maximum Gasteiger partial charge on any atom is 0.307 e. The lowest BCUT2D eigenvalue weighted by molar-refractivity contribution is -0.140. The van der Waals surface area contributed by atoms with Gasteiger partial charge in [0.15, 0.2) is 0 Å². The van der Waals surface area contributed by atoms with Gasteiger partial charge < -0.3 is 15.2 Å². The minimum absolute atomic E-state index is 0.136. The van der Waals surface area contributed by atoms with Crippen molar-refractivity contribution in [1.82, 2.24) is 5.32 Å². The minimum atomic E-state index is -0.869. The van der Waals surface area contributed by atoms with Gasteiger partial charge in [-0.25, -0.2) is 0 Å². The van der Waals surface area contributed by atoms with E-state index in [1.807, 2.05) is 6.92 Å². The number of carbonyl (C=O) groups excluding carboxylic acids is 1. The van der Waals surface area contributed by atoms with Crippen molar-refractivity contribution in [3.8, 4) is 0 Å². The molecule has 92 valence electrons. The number of hydrogen-bond acceptors (Lipinski definition) is 3. The van der Waals surface area contributed by atoms with Gasteiger partial charge in [0.25, 0.3) is 0 Å². The number of hydrogen-bond donors (Lipinski definition) is 2. The van der Waals surface area contributed by atoms with Crippen LogP contribution in [0, 0.1) is 11.8 Å². The van der Waals surface area contributed by atoms with Crippen LogP contribution in [0.3, 0.4) is 0 Å². The summed E-state index contributed by atoms with van der Waals surface area (Å²) in [5, 5.41) is 11.4. The second-order valence-electron chi connectivity index (χ2n) is 4.04. The van der Waals surface area contributed by atoms with Crippen LogP contribution in [0.5, 0.6) is 0 Å². The average Bonchev–Trinajstić information content (AvgIpc) is 3.02. The Bertz CT molecular complexity index is 254. The van der Waals surface area contributed by atoms with E-state index in [9.17, 15) is 9.59 Å². The van der Waals surface area contributed by atoms with E-state index < -0.39 is 11.9 Å². The predicted octanol–water partition coefficient (Wildman–Crippen LogP) is 0.640. The Hall–Kier alpha value is -1.10. The van der Waals surface area contributed by atoms with Crippen LogP contribution < -0.4 is 5.32 Å². The van der Waals surface area contributed by atoms with Crippen molar-refractivity contribution >= 4 is 11.9 Å². The Kier molecular flexibility index (Phi) is 5.25. The minimum Gasteiger partial charge on any atom is -0.481 e. The lowest BCUT2D eigenvalue weighted by Gasteiger charge is -2.04. The van der Waals surface area contributed by atoms with Crippen LogP contribution in [0.2, 0.25) is 0 Å². The Morgan fingerprint density at radius 1 is 1.38 bits per heavy atom. The van der Waals surface area contributed by atoms with E-state index in [4.69, 9.17) is 9.84 Å². The van der Waals surface area contributed by atoms with Crippen molar-refractivity contribution in [2.24, 2.45) is 11.8 Å². The second kappa shape index (κ2) is 6.48. The van der Waals surface area contributed by atoms with Gasteiger partial charge in [-0.3, -0.25) is 9.59 Å². The fourth-order valence-corrected chi connectivity index (χ4v) is 1.52. The molecule has 1 aliphatic rings. The fraction of sp³-hybridized carbons (Fsp3) is 0.818. The highest BCUT2D eigenvalue weighted by Crippen LogP contribution is 2.38. The molecule has 0 heterocycles. The van der Waals surface area contributed by atoms with E-state index in [1.54, 1.807) is 0 Å². The zero-order valence-electron chi connectivity index (χ0n) is 9.57. The van der Waals surface area contributed by atoms with Crippen LogP contribution in [0.25, 0.3) is 0 Å². The molecule has 1 rings (SSSR count). The molecule has 0 aromatic rings. The number of nitrogens with one attached hydrogen (secondary N) is 1. The summed E-state index contributed by atoms with van der Waals surface area (Å²) in [7, 11) is 0. The van der Waals surface area contributed by atoms with Gasteiger partial charge in [0, 0.05) is 19.8 Å². The van der Waals surface area contributed by atoms with E-state index in [-0.39, 0.29) is 11.8 Å². The molecule has 2 atom stereocenters. The fourth-order valence-electron chi connectivity index (χ4n) is 1.52. The first kappa shape index (κ1) is 13.0. The SMILES string of the molecule is CCCOCCCNC(=O)[C@@H]1C[C@@H]1C(=O)O. The van der Waals surface area contributed by atoms with Crippen molar-refractivity contribution in [2.75, 3.05) is 19.8 Å². The molecule has 0 radical (unpaired) electrons. The average molecular weight is 229 g/mol. The molecule has 0 bridgehead atoms. The van der Waals surface area contributed by atoms with Crippen LogP contribution in [0.15, 0.2) is 0 Å². The summed E-state index contributed by atoms with van der Waals surface area (Å²) in [6.45, 7) is 3.99. The number of aliphatic carboxylic acids is 1. The van der Waals surface area contributed by atoms with Crippen molar-refractivity contribution < 1.29 is 19.4 Å². The maximum atomic E-state index is 11.4. The normalized spacial score (nSPS) is 22.8. The van der Waals surface area contributed by atoms with E-state index >= 15 is 0 Å². The first-order valence-corrected chi connectivity index (χ1v) is 5.75. The van der Waals surface area contributed by atoms with Crippen molar-refractivity contribution in [1.29, 1.82) is 0 Å². The van der Waals surface area contributed by atoms with Crippen LogP contribution in [0.1, 0.15) is 26.2 Å². The van der Waals surface area contributed by atoms with Gasteiger partial charge in [-0.1, -0.05) is 6.92 Å². The van der Waals surface area contributed by atoms with Gasteiger partial charge in [0.05, 0.1) is 11.8 Å². The lowest BCUT2D eigenvalue weighted by atomic mass is 10.3. The Balaban J connectivity index is 1.98. The third-order valence-electron chi connectivity index (χ3n) is 2.56. The third-order valence-corrected chi connectivity index (χ3v) is 2.56. The Morgan fingerprint density at radius 2 is 2.12 bits per heavy atom. The van der Waals surface area contributed by atoms with E-state index in [0.717, 1.165) is 19.4 Å². The largest absolute Gasteiger partial charge is 0.481 e. The second-order valence-corrected chi connectivity index (χ2v) is 4.04. The number of amides is 1. The van der Waals surface area contributed by atoms with Crippen LogP contribution in [-0.2, 0) is 14.3 Å². The molecule has 2 N–H and O–H groups in total. The molecule has 0 saturated heterocycles. The number of carboxylic acid groups (broad SMARTS) is 1. The van der Waals surface area contributed by atoms with Gasteiger partial charge >= 0.3 is 5.97 Å². The number of carbonyl (C=O) groups is 2. The van der Waals surface area contributed by atoms with Crippen molar-refractivity contribution in [3.05, 3.63) is 0 Å². The molecule has 0 spiro atoms. The zero-order chi connectivity index (χ0) is 12.0. The third kappa shape index (κ3) is 4.18. The molecule has 0 aliphatic heterocycles. The van der Waals surface area contributed by atoms with Crippen molar-refractivity contribution in [3.63, 3.8) is 0 Å². The van der Waals surface area contributed by atoms with Gasteiger partial charge in [0.1, 0.15) is 0 Å². The number of ether oxygens (including phenoxy) is 1. The zero-order valence-corrected chi connectivity index (χ0v) is 9.57.